The first-order chi connectivity index (χ1) is 12.1. The van der Waals surface area contributed by atoms with E-state index >= 15 is 0 Å². The van der Waals surface area contributed by atoms with Crippen LogP contribution in [0.3, 0.4) is 0 Å². The molecule has 3 nitrogen and oxygen atoms in total. The topological polar surface area (TPSA) is 32.3 Å². The van der Waals surface area contributed by atoms with Gasteiger partial charge in [-0.1, -0.05) is 49.9 Å². The molecule has 0 radical (unpaired) electrons. The Morgan fingerprint density at radius 3 is 2.40 bits per heavy atom. The standard InChI is InChI=1S/C21H31ClN2O/c1-2-24-14-10-17(11-15-24)16-23-20(25)21(12-4-3-5-13-21)18-6-8-19(22)9-7-18/h6-9,17H,2-5,10-16H2,1H3,(H,23,25). The fourth-order valence-corrected chi connectivity index (χ4v) is 4.61. The van der Waals surface area contributed by atoms with Crippen molar-refractivity contribution in [1.82, 2.24) is 10.2 Å². The maximum Gasteiger partial charge on any atom is 0.230 e. The fourth-order valence-electron chi connectivity index (χ4n) is 4.48. The second-order valence-electron chi connectivity index (χ2n) is 7.74. The number of halogens is 1. The molecular weight excluding hydrogens is 332 g/mol. The highest BCUT2D eigenvalue weighted by Gasteiger charge is 2.41. The normalized spacial score (nSPS) is 21.8. The average Bonchev–Trinajstić information content (AvgIpc) is 2.67. The summed E-state index contributed by atoms with van der Waals surface area (Å²) in [5.74, 6) is 0.852. The molecule has 0 spiro atoms. The number of nitrogens with zero attached hydrogens (tertiary/aromatic N) is 1. The number of likely N-dealkylation sites (tertiary alicyclic amines) is 1. The summed E-state index contributed by atoms with van der Waals surface area (Å²) in [6.07, 6.45) is 7.79. The lowest BCUT2D eigenvalue weighted by molar-refractivity contribution is -0.128. The Morgan fingerprint density at radius 1 is 1.16 bits per heavy atom. The molecule has 138 valence electrons. The van der Waals surface area contributed by atoms with E-state index in [2.05, 4.69) is 17.1 Å². The third kappa shape index (κ3) is 4.38. The summed E-state index contributed by atoms with van der Waals surface area (Å²) in [5.41, 5.74) is 0.780. The Balaban J connectivity index is 1.65. The molecule has 1 aromatic carbocycles. The molecule has 1 N–H and O–H groups in total. The van der Waals surface area contributed by atoms with Crippen LogP contribution in [0.2, 0.25) is 5.02 Å². The second-order valence-corrected chi connectivity index (χ2v) is 8.17. The quantitative estimate of drug-likeness (QED) is 0.842. The number of carbonyl (C=O) groups excluding carboxylic acids is 1. The van der Waals surface area contributed by atoms with E-state index in [1.165, 1.54) is 32.4 Å². The van der Waals surface area contributed by atoms with E-state index in [9.17, 15) is 4.79 Å². The summed E-state index contributed by atoms with van der Waals surface area (Å²) in [6.45, 7) is 6.52. The van der Waals surface area contributed by atoms with Crippen molar-refractivity contribution < 1.29 is 4.79 Å². The van der Waals surface area contributed by atoms with Gasteiger partial charge in [-0.15, -0.1) is 0 Å². The van der Waals surface area contributed by atoms with Gasteiger partial charge in [-0.3, -0.25) is 4.79 Å². The van der Waals surface area contributed by atoms with Crippen LogP contribution in [0, 0.1) is 5.92 Å². The Bertz CT molecular complexity index is 558. The Labute approximate surface area is 157 Å². The van der Waals surface area contributed by atoms with Gasteiger partial charge in [0.2, 0.25) is 5.91 Å². The van der Waals surface area contributed by atoms with Crippen LogP contribution in [0.5, 0.6) is 0 Å². The lowest BCUT2D eigenvalue weighted by Gasteiger charge is -2.37. The molecule has 3 rings (SSSR count). The summed E-state index contributed by atoms with van der Waals surface area (Å²) in [4.78, 5) is 15.7. The molecule has 1 aromatic rings. The molecule has 0 unspecified atom stereocenters. The van der Waals surface area contributed by atoms with Gasteiger partial charge in [0.25, 0.3) is 0 Å². The molecule has 1 saturated heterocycles. The molecule has 1 saturated carbocycles. The van der Waals surface area contributed by atoms with Crippen LogP contribution in [-0.2, 0) is 10.2 Å². The smallest absolute Gasteiger partial charge is 0.230 e. The third-order valence-electron chi connectivity index (χ3n) is 6.24. The van der Waals surface area contributed by atoms with Crippen LogP contribution in [0.1, 0.15) is 57.4 Å². The molecule has 4 heteroatoms. The van der Waals surface area contributed by atoms with E-state index in [-0.39, 0.29) is 11.3 Å². The third-order valence-corrected chi connectivity index (χ3v) is 6.50. The Morgan fingerprint density at radius 2 is 1.80 bits per heavy atom. The SMILES string of the molecule is CCN1CCC(CNC(=O)C2(c3ccc(Cl)cc3)CCCCC2)CC1. The molecule has 25 heavy (non-hydrogen) atoms. The fraction of sp³-hybridized carbons (Fsp3) is 0.667. The van der Waals surface area contributed by atoms with Gasteiger partial charge < -0.3 is 10.2 Å². The monoisotopic (exact) mass is 362 g/mol. The van der Waals surface area contributed by atoms with E-state index in [0.717, 1.165) is 49.4 Å². The average molecular weight is 363 g/mol. The van der Waals surface area contributed by atoms with Gasteiger partial charge in [0.05, 0.1) is 5.41 Å². The zero-order valence-electron chi connectivity index (χ0n) is 15.4. The summed E-state index contributed by atoms with van der Waals surface area (Å²) in [7, 11) is 0. The minimum absolute atomic E-state index is 0.229. The first-order valence-corrected chi connectivity index (χ1v) is 10.3. The van der Waals surface area contributed by atoms with Gasteiger partial charge in [-0.2, -0.15) is 0 Å². The van der Waals surface area contributed by atoms with Crippen molar-refractivity contribution in [2.45, 2.75) is 57.3 Å². The van der Waals surface area contributed by atoms with Crippen molar-refractivity contribution in [2.24, 2.45) is 5.92 Å². The van der Waals surface area contributed by atoms with Crippen molar-refractivity contribution in [3.05, 3.63) is 34.9 Å². The number of rotatable bonds is 5. The highest BCUT2D eigenvalue weighted by molar-refractivity contribution is 6.30. The van der Waals surface area contributed by atoms with E-state index in [0.29, 0.717) is 5.92 Å². The van der Waals surface area contributed by atoms with Crippen LogP contribution in [-0.4, -0.2) is 37.0 Å². The van der Waals surface area contributed by atoms with Crippen LogP contribution in [0.4, 0.5) is 0 Å². The summed E-state index contributed by atoms with van der Waals surface area (Å²) in [5, 5.41) is 4.05. The largest absolute Gasteiger partial charge is 0.355 e. The first kappa shape index (κ1) is 18.7. The maximum atomic E-state index is 13.2. The number of amides is 1. The summed E-state index contributed by atoms with van der Waals surface area (Å²) in [6, 6.07) is 7.93. The highest BCUT2D eigenvalue weighted by Crippen LogP contribution is 2.40. The second kappa shape index (κ2) is 8.55. The van der Waals surface area contributed by atoms with E-state index in [4.69, 9.17) is 11.6 Å². The van der Waals surface area contributed by atoms with Gasteiger partial charge in [0.15, 0.2) is 0 Å². The van der Waals surface area contributed by atoms with Crippen molar-refractivity contribution in [3.63, 3.8) is 0 Å². The van der Waals surface area contributed by atoms with E-state index in [1.807, 2.05) is 24.3 Å². The lowest BCUT2D eigenvalue weighted by Crippen LogP contribution is -2.48. The first-order valence-electron chi connectivity index (χ1n) is 9.91. The van der Waals surface area contributed by atoms with Crippen molar-refractivity contribution in [1.29, 1.82) is 0 Å². The van der Waals surface area contributed by atoms with E-state index < -0.39 is 0 Å². The van der Waals surface area contributed by atoms with Gasteiger partial charge in [0, 0.05) is 11.6 Å². The lowest BCUT2D eigenvalue weighted by atomic mass is 9.68. The molecule has 1 amide bonds. The Hall–Kier alpha value is -1.06. The predicted octanol–water partition coefficient (Wildman–Crippen LogP) is 4.39. The number of carbonyl (C=O) groups is 1. The minimum Gasteiger partial charge on any atom is -0.355 e. The molecule has 2 aliphatic rings. The maximum absolute atomic E-state index is 13.2. The molecular formula is C21H31ClN2O. The van der Waals surface area contributed by atoms with Crippen molar-refractivity contribution in [2.75, 3.05) is 26.2 Å². The van der Waals surface area contributed by atoms with Gasteiger partial charge >= 0.3 is 0 Å². The molecule has 0 aromatic heterocycles. The predicted molar refractivity (Wildman–Crippen MR) is 104 cm³/mol. The molecule has 1 aliphatic carbocycles. The summed E-state index contributed by atoms with van der Waals surface area (Å²) >= 11 is 6.06. The number of piperidine rings is 1. The number of nitrogens with one attached hydrogen (secondary N) is 1. The molecule has 2 fully saturated rings. The van der Waals surface area contributed by atoms with Gasteiger partial charge in [-0.05, 0) is 68.9 Å². The zero-order chi connectivity index (χ0) is 17.7. The number of hydrogen-bond acceptors (Lipinski definition) is 2. The van der Waals surface area contributed by atoms with Crippen LogP contribution < -0.4 is 5.32 Å². The van der Waals surface area contributed by atoms with Gasteiger partial charge in [-0.25, -0.2) is 0 Å². The van der Waals surface area contributed by atoms with Crippen LogP contribution in [0.15, 0.2) is 24.3 Å². The minimum atomic E-state index is -0.354. The van der Waals surface area contributed by atoms with Crippen molar-refractivity contribution >= 4 is 17.5 Å². The number of hydrogen-bond donors (Lipinski definition) is 1. The Kier molecular flexibility index (Phi) is 6.40. The highest BCUT2D eigenvalue weighted by atomic mass is 35.5. The van der Waals surface area contributed by atoms with Gasteiger partial charge in [0.1, 0.15) is 0 Å². The summed E-state index contributed by atoms with van der Waals surface area (Å²) < 4.78 is 0. The van der Waals surface area contributed by atoms with Crippen molar-refractivity contribution in [3.8, 4) is 0 Å². The zero-order valence-corrected chi connectivity index (χ0v) is 16.2. The molecule has 1 heterocycles. The molecule has 1 aliphatic heterocycles. The van der Waals surface area contributed by atoms with Crippen LogP contribution >= 0.6 is 11.6 Å². The number of benzene rings is 1. The van der Waals surface area contributed by atoms with Crippen LogP contribution in [0.25, 0.3) is 0 Å². The molecule has 0 atom stereocenters. The van der Waals surface area contributed by atoms with E-state index in [1.54, 1.807) is 0 Å². The molecule has 0 bridgehead atoms.